The van der Waals surface area contributed by atoms with E-state index in [0.29, 0.717) is 5.92 Å². The molecule has 0 atom stereocenters. The van der Waals surface area contributed by atoms with Gasteiger partial charge in [0.25, 0.3) is 0 Å². The summed E-state index contributed by atoms with van der Waals surface area (Å²) in [6.07, 6.45) is 4.65. The van der Waals surface area contributed by atoms with Crippen LogP contribution >= 0.6 is 0 Å². The highest BCUT2D eigenvalue weighted by molar-refractivity contribution is 5.88. The largest absolute Gasteiger partial charge is 0.361 e. The molecule has 0 bridgehead atoms. The van der Waals surface area contributed by atoms with E-state index in [1.807, 2.05) is 0 Å². The zero-order valence-electron chi connectivity index (χ0n) is 10.6. The standard InChI is InChI=1S/C15H20N2/c1-10(2)11-4-3-5-13-14(11)12(8-17-13)15(9-16)6-7-15/h3-5,8,10,17H,6-7,9,16H2,1-2H3. The van der Waals surface area contributed by atoms with Crippen molar-refractivity contribution >= 4 is 10.9 Å². The number of hydrogen-bond acceptors (Lipinski definition) is 1. The Kier molecular flexibility index (Phi) is 2.30. The molecule has 90 valence electrons. The van der Waals surface area contributed by atoms with E-state index in [4.69, 9.17) is 5.73 Å². The first-order valence-corrected chi connectivity index (χ1v) is 6.48. The highest BCUT2D eigenvalue weighted by atomic mass is 14.7. The summed E-state index contributed by atoms with van der Waals surface area (Å²) in [5.41, 5.74) is 10.4. The van der Waals surface area contributed by atoms with Crippen LogP contribution in [0.5, 0.6) is 0 Å². The van der Waals surface area contributed by atoms with E-state index in [1.165, 1.54) is 34.9 Å². The van der Waals surface area contributed by atoms with Gasteiger partial charge in [-0.1, -0.05) is 26.0 Å². The van der Waals surface area contributed by atoms with Crippen LogP contribution in [0.25, 0.3) is 10.9 Å². The predicted octanol–water partition coefficient (Wildman–Crippen LogP) is 3.28. The monoisotopic (exact) mass is 228 g/mol. The van der Waals surface area contributed by atoms with Gasteiger partial charge in [0.2, 0.25) is 0 Å². The van der Waals surface area contributed by atoms with Crippen molar-refractivity contribution in [3.05, 3.63) is 35.5 Å². The lowest BCUT2D eigenvalue weighted by Gasteiger charge is -2.15. The number of hydrogen-bond donors (Lipinski definition) is 2. The van der Waals surface area contributed by atoms with Gasteiger partial charge in [0.15, 0.2) is 0 Å². The molecule has 1 saturated carbocycles. The van der Waals surface area contributed by atoms with Gasteiger partial charge in [-0.2, -0.15) is 0 Å². The van der Waals surface area contributed by atoms with Gasteiger partial charge in [0, 0.05) is 29.1 Å². The first-order valence-electron chi connectivity index (χ1n) is 6.48. The number of fused-ring (bicyclic) bond motifs is 1. The fourth-order valence-corrected chi connectivity index (χ4v) is 2.85. The molecule has 2 aromatic rings. The van der Waals surface area contributed by atoms with Gasteiger partial charge in [-0.15, -0.1) is 0 Å². The minimum atomic E-state index is 0.267. The summed E-state index contributed by atoms with van der Waals surface area (Å²) in [5, 5.41) is 1.42. The molecular formula is C15H20N2. The number of aromatic amines is 1. The van der Waals surface area contributed by atoms with Crippen LogP contribution in [0.4, 0.5) is 0 Å². The zero-order chi connectivity index (χ0) is 12.0. The van der Waals surface area contributed by atoms with Gasteiger partial charge in [0.05, 0.1) is 0 Å². The number of nitrogens with two attached hydrogens (primary N) is 1. The van der Waals surface area contributed by atoms with Gasteiger partial charge in [0.1, 0.15) is 0 Å². The minimum Gasteiger partial charge on any atom is -0.361 e. The average molecular weight is 228 g/mol. The summed E-state index contributed by atoms with van der Waals surface area (Å²) >= 11 is 0. The van der Waals surface area contributed by atoms with Crippen molar-refractivity contribution in [2.75, 3.05) is 6.54 Å². The van der Waals surface area contributed by atoms with E-state index in [0.717, 1.165) is 6.54 Å². The second kappa shape index (κ2) is 3.61. The molecule has 0 saturated heterocycles. The third-order valence-corrected chi connectivity index (χ3v) is 4.18. The number of H-pyrrole nitrogens is 1. The van der Waals surface area contributed by atoms with Crippen LogP contribution in [-0.4, -0.2) is 11.5 Å². The predicted molar refractivity (Wildman–Crippen MR) is 72.4 cm³/mol. The Morgan fingerprint density at radius 3 is 2.71 bits per heavy atom. The quantitative estimate of drug-likeness (QED) is 0.831. The van der Waals surface area contributed by atoms with Gasteiger partial charge in [-0.3, -0.25) is 0 Å². The van der Waals surface area contributed by atoms with E-state index in [1.54, 1.807) is 0 Å². The Morgan fingerprint density at radius 2 is 2.12 bits per heavy atom. The topological polar surface area (TPSA) is 41.8 Å². The molecule has 1 aromatic carbocycles. The molecule has 1 aliphatic rings. The summed E-state index contributed by atoms with van der Waals surface area (Å²) < 4.78 is 0. The minimum absolute atomic E-state index is 0.267. The normalized spacial score (nSPS) is 17.9. The molecule has 2 heteroatoms. The highest BCUT2D eigenvalue weighted by Crippen LogP contribution is 2.50. The summed E-state index contributed by atoms with van der Waals surface area (Å²) in [7, 11) is 0. The van der Waals surface area contributed by atoms with Crippen molar-refractivity contribution in [1.82, 2.24) is 4.98 Å². The smallest absolute Gasteiger partial charge is 0.0459 e. The molecule has 3 N–H and O–H groups in total. The summed E-state index contributed by atoms with van der Waals surface area (Å²) in [5.74, 6) is 0.557. The first kappa shape index (κ1) is 10.8. The molecule has 0 radical (unpaired) electrons. The fraction of sp³-hybridized carbons (Fsp3) is 0.467. The molecule has 0 aliphatic heterocycles. The number of benzene rings is 1. The van der Waals surface area contributed by atoms with Crippen molar-refractivity contribution in [2.24, 2.45) is 5.73 Å². The van der Waals surface area contributed by atoms with Crippen molar-refractivity contribution < 1.29 is 0 Å². The van der Waals surface area contributed by atoms with Gasteiger partial charge in [-0.25, -0.2) is 0 Å². The third kappa shape index (κ3) is 1.51. The molecule has 3 rings (SSSR count). The van der Waals surface area contributed by atoms with Gasteiger partial charge in [-0.05, 0) is 36.0 Å². The maximum Gasteiger partial charge on any atom is 0.0459 e. The van der Waals surface area contributed by atoms with E-state index in [9.17, 15) is 0 Å². The summed E-state index contributed by atoms with van der Waals surface area (Å²) in [4.78, 5) is 3.41. The van der Waals surface area contributed by atoms with Crippen molar-refractivity contribution in [3.8, 4) is 0 Å². The van der Waals surface area contributed by atoms with Crippen molar-refractivity contribution in [1.29, 1.82) is 0 Å². The fourth-order valence-electron chi connectivity index (χ4n) is 2.85. The Hall–Kier alpha value is -1.28. The number of nitrogens with one attached hydrogen (secondary N) is 1. The van der Waals surface area contributed by atoms with Crippen molar-refractivity contribution in [2.45, 2.75) is 38.0 Å². The van der Waals surface area contributed by atoms with E-state index < -0.39 is 0 Å². The molecule has 1 aromatic heterocycles. The Bertz CT molecular complexity index is 547. The third-order valence-electron chi connectivity index (χ3n) is 4.18. The van der Waals surface area contributed by atoms with E-state index >= 15 is 0 Å². The van der Waals surface area contributed by atoms with Crippen LogP contribution in [-0.2, 0) is 5.41 Å². The molecule has 2 nitrogen and oxygen atoms in total. The first-order chi connectivity index (χ1) is 8.18. The molecular weight excluding hydrogens is 208 g/mol. The molecule has 1 fully saturated rings. The molecule has 1 aliphatic carbocycles. The second-order valence-corrected chi connectivity index (χ2v) is 5.61. The van der Waals surface area contributed by atoms with Crippen LogP contribution in [0.1, 0.15) is 43.7 Å². The number of rotatable bonds is 3. The zero-order valence-corrected chi connectivity index (χ0v) is 10.6. The van der Waals surface area contributed by atoms with Crippen molar-refractivity contribution in [3.63, 3.8) is 0 Å². The SMILES string of the molecule is CC(C)c1cccc2[nH]cc(C3(CN)CC3)c12. The summed E-state index contributed by atoms with van der Waals surface area (Å²) in [6, 6.07) is 6.55. The lowest BCUT2D eigenvalue weighted by atomic mass is 9.90. The molecule has 0 unspecified atom stereocenters. The molecule has 0 amide bonds. The van der Waals surface area contributed by atoms with Crippen LogP contribution in [0.3, 0.4) is 0 Å². The molecule has 1 heterocycles. The van der Waals surface area contributed by atoms with E-state index in [2.05, 4.69) is 43.2 Å². The average Bonchev–Trinajstić information content (AvgIpc) is 3.01. The number of aromatic nitrogens is 1. The molecule has 0 spiro atoms. The second-order valence-electron chi connectivity index (χ2n) is 5.61. The maximum absolute atomic E-state index is 5.96. The Balaban J connectivity index is 2.26. The Morgan fingerprint density at radius 1 is 1.35 bits per heavy atom. The highest BCUT2D eigenvalue weighted by Gasteiger charge is 2.44. The lowest BCUT2D eigenvalue weighted by Crippen LogP contribution is -2.19. The maximum atomic E-state index is 5.96. The molecule has 17 heavy (non-hydrogen) atoms. The van der Waals surface area contributed by atoms with Gasteiger partial charge < -0.3 is 10.7 Å². The summed E-state index contributed by atoms with van der Waals surface area (Å²) in [6.45, 7) is 5.29. The Labute approximate surface area is 102 Å². The van der Waals surface area contributed by atoms with Crippen LogP contribution in [0, 0.1) is 0 Å². The van der Waals surface area contributed by atoms with E-state index in [-0.39, 0.29) is 5.41 Å². The lowest BCUT2D eigenvalue weighted by molar-refractivity contribution is 0.709. The van der Waals surface area contributed by atoms with Crippen LogP contribution < -0.4 is 5.73 Å². The van der Waals surface area contributed by atoms with Crippen LogP contribution in [0.2, 0.25) is 0 Å². The van der Waals surface area contributed by atoms with Crippen LogP contribution in [0.15, 0.2) is 24.4 Å². The van der Waals surface area contributed by atoms with Gasteiger partial charge >= 0.3 is 0 Å².